The molecule has 0 radical (unpaired) electrons. The summed E-state index contributed by atoms with van der Waals surface area (Å²) in [6.45, 7) is 0.807. The van der Waals surface area contributed by atoms with Gasteiger partial charge in [0.15, 0.2) is 11.5 Å². The van der Waals surface area contributed by atoms with Gasteiger partial charge in [0.1, 0.15) is 5.76 Å². The van der Waals surface area contributed by atoms with Gasteiger partial charge in [0.2, 0.25) is 15.9 Å². The van der Waals surface area contributed by atoms with Gasteiger partial charge >= 0.3 is 0 Å². The number of hydrogen-bond donors (Lipinski definition) is 0. The van der Waals surface area contributed by atoms with Crippen molar-refractivity contribution in [3.63, 3.8) is 0 Å². The van der Waals surface area contributed by atoms with Crippen LogP contribution in [0.4, 0.5) is 0 Å². The third kappa shape index (κ3) is 7.82. The van der Waals surface area contributed by atoms with Crippen LogP contribution in [0.1, 0.15) is 17.7 Å². The molecule has 2 aromatic carbocycles. The van der Waals surface area contributed by atoms with Crippen molar-refractivity contribution < 1.29 is 31.8 Å². The first-order chi connectivity index (χ1) is 17.9. The van der Waals surface area contributed by atoms with Crippen molar-refractivity contribution in [1.82, 2.24) is 9.21 Å². The molecule has 1 heterocycles. The molecule has 37 heavy (non-hydrogen) atoms. The molecule has 0 spiro atoms. The van der Waals surface area contributed by atoms with E-state index in [0.29, 0.717) is 43.3 Å². The number of furan rings is 1. The molecule has 0 N–H and O–H groups in total. The molecule has 3 aromatic rings. The molecule has 0 saturated heterocycles. The van der Waals surface area contributed by atoms with E-state index in [4.69, 9.17) is 18.6 Å². The van der Waals surface area contributed by atoms with Crippen molar-refractivity contribution in [1.29, 1.82) is 0 Å². The predicted molar refractivity (Wildman–Crippen MR) is 139 cm³/mol. The van der Waals surface area contributed by atoms with Crippen LogP contribution in [0, 0.1) is 0 Å². The predicted octanol–water partition coefficient (Wildman–Crippen LogP) is 3.60. The molecule has 0 aliphatic carbocycles. The lowest BCUT2D eigenvalue weighted by molar-refractivity contribution is -0.132. The van der Waals surface area contributed by atoms with Gasteiger partial charge < -0.3 is 23.5 Å². The second-order valence-electron chi connectivity index (χ2n) is 8.33. The maximum absolute atomic E-state index is 13.5. The van der Waals surface area contributed by atoms with Crippen molar-refractivity contribution in [2.75, 3.05) is 47.6 Å². The van der Waals surface area contributed by atoms with Gasteiger partial charge in [-0.1, -0.05) is 24.3 Å². The number of rotatable bonds is 15. The summed E-state index contributed by atoms with van der Waals surface area (Å²) in [5.74, 6) is 1.50. The quantitative estimate of drug-likeness (QED) is 0.277. The SMILES string of the molecule is COCCCN(CC(=O)N(CCc1ccc(OC)c(OC)c1)Cc1ccco1)S(=O)(=O)c1ccccc1. The van der Waals surface area contributed by atoms with E-state index in [1.807, 2.05) is 18.2 Å². The third-order valence-corrected chi connectivity index (χ3v) is 7.71. The van der Waals surface area contributed by atoms with Crippen LogP contribution in [0.25, 0.3) is 0 Å². The molecule has 3 rings (SSSR count). The van der Waals surface area contributed by atoms with Crippen molar-refractivity contribution >= 4 is 15.9 Å². The van der Waals surface area contributed by atoms with Crippen LogP contribution in [0.5, 0.6) is 11.5 Å². The summed E-state index contributed by atoms with van der Waals surface area (Å²) in [5, 5.41) is 0. The van der Waals surface area contributed by atoms with Crippen LogP contribution in [-0.2, 0) is 32.5 Å². The number of hydrogen-bond acceptors (Lipinski definition) is 7. The Hall–Kier alpha value is -3.34. The lowest BCUT2D eigenvalue weighted by Gasteiger charge is -2.27. The fourth-order valence-corrected chi connectivity index (χ4v) is 5.29. The Morgan fingerprint density at radius 2 is 1.68 bits per heavy atom. The minimum Gasteiger partial charge on any atom is -0.493 e. The van der Waals surface area contributed by atoms with Gasteiger partial charge in [0, 0.05) is 26.8 Å². The molecule has 0 saturated carbocycles. The number of methoxy groups -OCH3 is 3. The largest absolute Gasteiger partial charge is 0.493 e. The molecule has 0 aliphatic heterocycles. The number of nitrogens with zero attached hydrogens (tertiary/aromatic N) is 2. The van der Waals surface area contributed by atoms with E-state index in [9.17, 15) is 13.2 Å². The first kappa shape index (κ1) is 28.2. The molecule has 200 valence electrons. The Morgan fingerprint density at radius 1 is 0.919 bits per heavy atom. The van der Waals surface area contributed by atoms with E-state index < -0.39 is 10.0 Å². The Morgan fingerprint density at radius 3 is 2.32 bits per heavy atom. The molecule has 0 unspecified atom stereocenters. The summed E-state index contributed by atoms with van der Waals surface area (Å²) in [4.78, 5) is 15.3. The molecule has 1 amide bonds. The van der Waals surface area contributed by atoms with Crippen molar-refractivity contribution in [3.8, 4) is 11.5 Å². The molecule has 0 atom stereocenters. The van der Waals surface area contributed by atoms with Crippen LogP contribution >= 0.6 is 0 Å². The highest BCUT2D eigenvalue weighted by molar-refractivity contribution is 7.89. The first-order valence-corrected chi connectivity index (χ1v) is 13.4. The standard InChI is InChI=1S/C27H34N2O7S/c1-33-17-8-15-29(37(31,32)24-10-5-4-6-11-24)21-27(30)28(20-23-9-7-18-36-23)16-14-22-12-13-25(34-2)26(19-22)35-3/h4-7,9-13,18-19H,8,14-17,20-21H2,1-3H3. The lowest BCUT2D eigenvalue weighted by Crippen LogP contribution is -2.43. The van der Waals surface area contributed by atoms with E-state index in [2.05, 4.69) is 0 Å². The van der Waals surface area contributed by atoms with Gasteiger partial charge in [-0.25, -0.2) is 8.42 Å². The topological polar surface area (TPSA) is 98.5 Å². The van der Waals surface area contributed by atoms with E-state index in [1.54, 1.807) is 62.8 Å². The number of ether oxygens (including phenoxy) is 3. The Bertz CT molecular complexity index is 1210. The van der Waals surface area contributed by atoms with Crippen LogP contribution < -0.4 is 9.47 Å². The van der Waals surface area contributed by atoms with Crippen molar-refractivity contribution in [3.05, 3.63) is 78.3 Å². The third-order valence-electron chi connectivity index (χ3n) is 5.85. The highest BCUT2D eigenvalue weighted by Crippen LogP contribution is 2.28. The van der Waals surface area contributed by atoms with Gasteiger partial charge in [-0.2, -0.15) is 4.31 Å². The fourth-order valence-electron chi connectivity index (χ4n) is 3.84. The number of amides is 1. The smallest absolute Gasteiger partial charge is 0.243 e. The van der Waals surface area contributed by atoms with Crippen LogP contribution in [0.3, 0.4) is 0 Å². The summed E-state index contributed by atoms with van der Waals surface area (Å²) in [5.41, 5.74) is 0.948. The average molecular weight is 531 g/mol. The Kier molecular flexibility index (Phi) is 10.6. The molecular weight excluding hydrogens is 496 g/mol. The normalized spacial score (nSPS) is 11.5. The molecular formula is C27H34N2O7S. The van der Waals surface area contributed by atoms with Gasteiger partial charge in [0.25, 0.3) is 0 Å². The zero-order valence-corrected chi connectivity index (χ0v) is 22.3. The minimum absolute atomic E-state index is 0.142. The number of sulfonamides is 1. The molecule has 0 fully saturated rings. The van der Waals surface area contributed by atoms with Gasteiger partial charge in [0.05, 0.1) is 38.5 Å². The van der Waals surface area contributed by atoms with Gasteiger partial charge in [-0.3, -0.25) is 4.79 Å². The monoisotopic (exact) mass is 530 g/mol. The molecule has 0 bridgehead atoms. The molecule has 0 aliphatic rings. The molecule has 1 aromatic heterocycles. The zero-order chi connectivity index (χ0) is 26.7. The number of carbonyl (C=O) groups is 1. The Balaban J connectivity index is 1.81. The Labute approximate surface area is 218 Å². The summed E-state index contributed by atoms with van der Waals surface area (Å²) in [6, 6.07) is 17.3. The van der Waals surface area contributed by atoms with Gasteiger partial charge in [-0.05, 0) is 54.8 Å². The summed E-state index contributed by atoms with van der Waals surface area (Å²) < 4.78 is 49.3. The maximum atomic E-state index is 13.5. The summed E-state index contributed by atoms with van der Waals surface area (Å²) >= 11 is 0. The van der Waals surface area contributed by atoms with E-state index in [1.165, 1.54) is 16.4 Å². The highest BCUT2D eigenvalue weighted by atomic mass is 32.2. The summed E-state index contributed by atoms with van der Waals surface area (Å²) in [6.07, 6.45) is 2.53. The number of benzene rings is 2. The fraction of sp³-hybridized carbons (Fsp3) is 0.370. The summed E-state index contributed by atoms with van der Waals surface area (Å²) in [7, 11) is 0.818. The van der Waals surface area contributed by atoms with Crippen LogP contribution in [0.2, 0.25) is 0 Å². The lowest BCUT2D eigenvalue weighted by atomic mass is 10.1. The second-order valence-corrected chi connectivity index (χ2v) is 10.3. The van der Waals surface area contributed by atoms with E-state index in [-0.39, 0.29) is 30.4 Å². The first-order valence-electron chi connectivity index (χ1n) is 11.9. The van der Waals surface area contributed by atoms with E-state index in [0.717, 1.165) is 5.56 Å². The van der Waals surface area contributed by atoms with Gasteiger partial charge in [-0.15, -0.1) is 0 Å². The average Bonchev–Trinajstić information content (AvgIpc) is 3.44. The molecule has 9 nitrogen and oxygen atoms in total. The van der Waals surface area contributed by atoms with Crippen LogP contribution in [-0.4, -0.2) is 71.1 Å². The minimum atomic E-state index is -3.88. The van der Waals surface area contributed by atoms with Crippen molar-refractivity contribution in [2.45, 2.75) is 24.3 Å². The van der Waals surface area contributed by atoms with Crippen molar-refractivity contribution in [2.24, 2.45) is 0 Å². The van der Waals surface area contributed by atoms with Crippen LogP contribution in [0.15, 0.2) is 76.2 Å². The second kappa shape index (κ2) is 13.8. The molecule has 10 heteroatoms. The highest BCUT2D eigenvalue weighted by Gasteiger charge is 2.28. The number of carbonyl (C=O) groups excluding carboxylic acids is 1. The van der Waals surface area contributed by atoms with E-state index >= 15 is 0 Å². The maximum Gasteiger partial charge on any atom is 0.243 e. The zero-order valence-electron chi connectivity index (χ0n) is 21.5.